The highest BCUT2D eigenvalue weighted by Gasteiger charge is 2.42. The number of nitrogens with two attached hydrogens (primary N) is 1. The maximum Gasteiger partial charge on any atom is 0.0211 e. The lowest BCUT2D eigenvalue weighted by Gasteiger charge is -2.48. The third-order valence-corrected chi connectivity index (χ3v) is 4.56. The SMILES string of the molecule is CC1CCC(C)C(N)(C(C)C(C)C)C1. The summed E-state index contributed by atoms with van der Waals surface area (Å²) in [7, 11) is 0. The molecule has 0 amide bonds. The van der Waals surface area contributed by atoms with E-state index in [1.165, 1.54) is 19.3 Å². The topological polar surface area (TPSA) is 26.0 Å². The van der Waals surface area contributed by atoms with E-state index >= 15 is 0 Å². The Morgan fingerprint density at radius 2 is 1.71 bits per heavy atom. The molecular weight excluding hydrogens is 170 g/mol. The molecule has 0 bridgehead atoms. The predicted molar refractivity (Wildman–Crippen MR) is 63.1 cm³/mol. The van der Waals surface area contributed by atoms with Gasteiger partial charge in [0.1, 0.15) is 0 Å². The van der Waals surface area contributed by atoms with E-state index < -0.39 is 0 Å². The van der Waals surface area contributed by atoms with Crippen LogP contribution in [0.4, 0.5) is 0 Å². The lowest BCUT2D eigenvalue weighted by Crippen LogP contribution is -2.56. The second-order valence-corrected chi connectivity index (χ2v) is 5.93. The molecule has 0 saturated heterocycles. The van der Waals surface area contributed by atoms with Gasteiger partial charge >= 0.3 is 0 Å². The first-order valence-corrected chi connectivity index (χ1v) is 6.16. The monoisotopic (exact) mass is 197 g/mol. The molecule has 0 spiro atoms. The lowest BCUT2D eigenvalue weighted by molar-refractivity contribution is 0.0818. The van der Waals surface area contributed by atoms with E-state index in [0.29, 0.717) is 17.8 Å². The zero-order valence-electron chi connectivity index (χ0n) is 10.5. The van der Waals surface area contributed by atoms with Crippen molar-refractivity contribution in [2.45, 2.75) is 59.4 Å². The van der Waals surface area contributed by atoms with Gasteiger partial charge in [-0.05, 0) is 36.5 Å². The van der Waals surface area contributed by atoms with Gasteiger partial charge in [-0.1, -0.05) is 41.0 Å². The van der Waals surface area contributed by atoms with Crippen LogP contribution in [0.25, 0.3) is 0 Å². The van der Waals surface area contributed by atoms with E-state index in [2.05, 4.69) is 34.6 Å². The molecule has 1 aliphatic carbocycles. The first kappa shape index (κ1) is 12.0. The van der Waals surface area contributed by atoms with Crippen LogP contribution >= 0.6 is 0 Å². The van der Waals surface area contributed by atoms with Gasteiger partial charge in [0, 0.05) is 5.54 Å². The first-order valence-electron chi connectivity index (χ1n) is 6.16. The Morgan fingerprint density at radius 1 is 1.14 bits per heavy atom. The summed E-state index contributed by atoms with van der Waals surface area (Å²) in [4.78, 5) is 0. The van der Waals surface area contributed by atoms with Crippen LogP contribution in [0.15, 0.2) is 0 Å². The summed E-state index contributed by atoms with van der Waals surface area (Å²) in [6.07, 6.45) is 3.90. The number of rotatable bonds is 2. The summed E-state index contributed by atoms with van der Waals surface area (Å²) in [5.41, 5.74) is 6.73. The van der Waals surface area contributed by atoms with Gasteiger partial charge in [-0.15, -0.1) is 0 Å². The molecule has 0 heterocycles. The molecule has 0 aromatic rings. The number of hydrogen-bond donors (Lipinski definition) is 1. The Balaban J connectivity index is 2.78. The van der Waals surface area contributed by atoms with Crippen molar-refractivity contribution in [1.82, 2.24) is 0 Å². The second kappa shape index (κ2) is 4.22. The molecule has 4 atom stereocenters. The molecule has 84 valence electrons. The summed E-state index contributed by atoms with van der Waals surface area (Å²) >= 11 is 0. The second-order valence-electron chi connectivity index (χ2n) is 5.93. The van der Waals surface area contributed by atoms with Crippen molar-refractivity contribution in [2.24, 2.45) is 29.4 Å². The molecule has 14 heavy (non-hydrogen) atoms. The van der Waals surface area contributed by atoms with Gasteiger partial charge in [0.2, 0.25) is 0 Å². The van der Waals surface area contributed by atoms with E-state index in [9.17, 15) is 0 Å². The molecule has 0 radical (unpaired) electrons. The van der Waals surface area contributed by atoms with Gasteiger partial charge in [-0.25, -0.2) is 0 Å². The van der Waals surface area contributed by atoms with Crippen molar-refractivity contribution in [3.63, 3.8) is 0 Å². The molecule has 1 saturated carbocycles. The molecule has 1 nitrogen and oxygen atoms in total. The molecule has 1 fully saturated rings. The maximum atomic E-state index is 6.64. The highest BCUT2D eigenvalue weighted by atomic mass is 14.8. The predicted octanol–water partition coefficient (Wildman–Crippen LogP) is 3.43. The molecule has 1 heteroatoms. The Hall–Kier alpha value is -0.0400. The van der Waals surface area contributed by atoms with Crippen LogP contribution in [0.3, 0.4) is 0 Å². The Labute approximate surface area is 89.5 Å². The van der Waals surface area contributed by atoms with Crippen LogP contribution in [-0.4, -0.2) is 5.54 Å². The fraction of sp³-hybridized carbons (Fsp3) is 1.00. The Bertz CT molecular complexity index is 188. The molecule has 1 aliphatic rings. The minimum atomic E-state index is 0.0891. The van der Waals surface area contributed by atoms with Crippen molar-refractivity contribution in [2.75, 3.05) is 0 Å². The largest absolute Gasteiger partial charge is 0.325 e. The van der Waals surface area contributed by atoms with Crippen LogP contribution in [0.5, 0.6) is 0 Å². The van der Waals surface area contributed by atoms with Crippen molar-refractivity contribution in [3.05, 3.63) is 0 Å². The van der Waals surface area contributed by atoms with Gasteiger partial charge < -0.3 is 5.73 Å². The standard InChI is InChI=1S/C13H27N/c1-9(2)12(5)13(14)8-10(3)6-7-11(13)4/h9-12H,6-8,14H2,1-5H3. The van der Waals surface area contributed by atoms with Crippen molar-refractivity contribution >= 4 is 0 Å². The lowest BCUT2D eigenvalue weighted by atomic mass is 9.62. The minimum absolute atomic E-state index is 0.0891. The third kappa shape index (κ3) is 2.13. The van der Waals surface area contributed by atoms with Crippen LogP contribution in [0.2, 0.25) is 0 Å². The molecule has 4 unspecified atom stereocenters. The highest BCUT2D eigenvalue weighted by Crippen LogP contribution is 2.41. The van der Waals surface area contributed by atoms with Crippen LogP contribution in [0, 0.1) is 23.7 Å². The van der Waals surface area contributed by atoms with E-state index in [1.54, 1.807) is 0 Å². The summed E-state index contributed by atoms with van der Waals surface area (Å²) in [6, 6.07) is 0. The van der Waals surface area contributed by atoms with Gasteiger partial charge in [0.15, 0.2) is 0 Å². The molecule has 0 aliphatic heterocycles. The third-order valence-electron chi connectivity index (χ3n) is 4.56. The number of hydrogen-bond acceptors (Lipinski definition) is 1. The van der Waals surface area contributed by atoms with E-state index in [4.69, 9.17) is 5.73 Å². The van der Waals surface area contributed by atoms with Crippen LogP contribution in [0.1, 0.15) is 53.9 Å². The fourth-order valence-electron chi connectivity index (χ4n) is 2.97. The summed E-state index contributed by atoms with van der Waals surface area (Å²) in [6.45, 7) is 11.6. The van der Waals surface area contributed by atoms with Crippen LogP contribution in [-0.2, 0) is 0 Å². The molecular formula is C13H27N. The maximum absolute atomic E-state index is 6.64. The summed E-state index contributed by atoms with van der Waals surface area (Å²) in [5.74, 6) is 2.85. The Morgan fingerprint density at radius 3 is 2.21 bits per heavy atom. The minimum Gasteiger partial charge on any atom is -0.325 e. The Kier molecular flexibility index (Phi) is 3.63. The quantitative estimate of drug-likeness (QED) is 0.721. The molecule has 1 rings (SSSR count). The smallest absolute Gasteiger partial charge is 0.0211 e. The highest BCUT2D eigenvalue weighted by molar-refractivity contribution is 4.98. The molecule has 0 aromatic carbocycles. The van der Waals surface area contributed by atoms with Crippen molar-refractivity contribution in [1.29, 1.82) is 0 Å². The van der Waals surface area contributed by atoms with Crippen molar-refractivity contribution in [3.8, 4) is 0 Å². The van der Waals surface area contributed by atoms with Gasteiger partial charge in [-0.2, -0.15) is 0 Å². The van der Waals surface area contributed by atoms with Gasteiger partial charge in [-0.3, -0.25) is 0 Å². The summed E-state index contributed by atoms with van der Waals surface area (Å²) in [5, 5.41) is 0. The van der Waals surface area contributed by atoms with E-state index in [0.717, 1.165) is 5.92 Å². The van der Waals surface area contributed by atoms with Gasteiger partial charge in [0.05, 0.1) is 0 Å². The average molecular weight is 197 g/mol. The van der Waals surface area contributed by atoms with E-state index in [1.807, 2.05) is 0 Å². The van der Waals surface area contributed by atoms with E-state index in [-0.39, 0.29) is 5.54 Å². The van der Waals surface area contributed by atoms with Crippen LogP contribution < -0.4 is 5.73 Å². The summed E-state index contributed by atoms with van der Waals surface area (Å²) < 4.78 is 0. The average Bonchev–Trinajstić information content (AvgIpc) is 2.10. The zero-order valence-corrected chi connectivity index (χ0v) is 10.5. The van der Waals surface area contributed by atoms with Crippen molar-refractivity contribution < 1.29 is 0 Å². The zero-order chi connectivity index (χ0) is 10.9. The molecule has 2 N–H and O–H groups in total. The fourth-order valence-corrected chi connectivity index (χ4v) is 2.97. The van der Waals surface area contributed by atoms with Gasteiger partial charge in [0.25, 0.3) is 0 Å². The first-order chi connectivity index (χ1) is 6.38. The normalized spacial score (nSPS) is 41.4. The molecule has 0 aromatic heterocycles.